The molecular weight excluding hydrogens is 539 g/mol. The number of fused-ring (bicyclic) bond motifs is 4. The number of primary amides is 1. The summed E-state index contributed by atoms with van der Waals surface area (Å²) < 4.78 is 16.2. The monoisotopic (exact) mass is 572 g/mol. The lowest BCUT2D eigenvalue weighted by atomic mass is 9.58. The van der Waals surface area contributed by atoms with E-state index in [4.69, 9.17) is 5.73 Å². The molecule has 7 N–H and O–H groups in total. The van der Waals surface area contributed by atoms with Crippen LogP contribution in [0.4, 0.5) is 10.1 Å². The smallest absolute Gasteiger partial charge is 0.255 e. The lowest BCUT2D eigenvalue weighted by molar-refractivity contribution is -0.148. The topological polar surface area (TPSA) is 194 Å². The number of Topliss-reactive ketones (excluding diaryl/α,β-unsaturated/α-hetero) is 2. The van der Waals surface area contributed by atoms with E-state index in [1.165, 1.54) is 19.0 Å². The van der Waals surface area contributed by atoms with Crippen LogP contribution < -0.4 is 11.1 Å². The van der Waals surface area contributed by atoms with Gasteiger partial charge in [-0.3, -0.25) is 29.0 Å². The Balaban J connectivity index is 1.71. The maximum Gasteiger partial charge on any atom is 0.255 e. The van der Waals surface area contributed by atoms with Crippen molar-refractivity contribution in [1.82, 2.24) is 9.80 Å². The second-order valence-corrected chi connectivity index (χ2v) is 11.9. The van der Waals surface area contributed by atoms with Gasteiger partial charge in [0.2, 0.25) is 11.7 Å². The first-order valence-corrected chi connectivity index (χ1v) is 13.3. The molecule has 0 aromatic heterocycles. The molecule has 41 heavy (non-hydrogen) atoms. The maximum absolute atomic E-state index is 16.2. The average molecular weight is 573 g/mol. The second-order valence-electron chi connectivity index (χ2n) is 11.9. The van der Waals surface area contributed by atoms with Crippen molar-refractivity contribution in [1.29, 1.82) is 0 Å². The molecule has 2 amide bonds. The van der Waals surface area contributed by atoms with Gasteiger partial charge in [0, 0.05) is 29.2 Å². The summed E-state index contributed by atoms with van der Waals surface area (Å²) in [6, 6.07) is -1.79. The molecule has 4 aliphatic rings. The summed E-state index contributed by atoms with van der Waals surface area (Å²) in [6.07, 6.45) is -0.346. The predicted molar refractivity (Wildman–Crippen MR) is 142 cm³/mol. The minimum Gasteiger partial charge on any atom is -0.510 e. The zero-order chi connectivity index (χ0) is 30.5. The Morgan fingerprint density at radius 3 is 2.37 bits per heavy atom. The van der Waals surface area contributed by atoms with Gasteiger partial charge in [0.1, 0.15) is 22.9 Å². The average Bonchev–Trinajstić information content (AvgIpc) is 2.99. The molecule has 3 aliphatic carbocycles. The highest BCUT2D eigenvalue weighted by molar-refractivity contribution is 6.25. The summed E-state index contributed by atoms with van der Waals surface area (Å²) in [7, 11) is 4.70. The number of amides is 2. The van der Waals surface area contributed by atoms with Crippen LogP contribution >= 0.6 is 0 Å². The molecule has 220 valence electrons. The SMILES string of the molecule is CC(C)[C@H]1C(=O)Nc2c(O)c3c(c(F)c2CN1C)C[C@H]1C[C@H]2[C@H](N(C)C)C(O)=C(C(N)=O)C(=O)[C@@]2(O)C(O)=C1C3=O. The number of rotatable bonds is 3. The number of nitrogens with zero attached hydrogens (tertiary/aromatic N) is 2. The van der Waals surface area contributed by atoms with Gasteiger partial charge in [0.15, 0.2) is 17.1 Å². The number of likely N-dealkylation sites (N-methyl/N-ethyl adjacent to an activating group) is 2. The van der Waals surface area contributed by atoms with Gasteiger partial charge in [-0.05, 0) is 45.8 Å². The number of phenols is 1. The van der Waals surface area contributed by atoms with Gasteiger partial charge in [-0.25, -0.2) is 4.39 Å². The lowest BCUT2D eigenvalue weighted by Crippen LogP contribution is -2.63. The molecule has 5 rings (SSSR count). The molecule has 5 atom stereocenters. The highest BCUT2D eigenvalue weighted by atomic mass is 19.1. The molecule has 12 nitrogen and oxygen atoms in total. The number of aromatic hydroxyl groups is 1. The van der Waals surface area contributed by atoms with E-state index in [-0.39, 0.29) is 42.1 Å². The number of carbonyl (C=O) groups excluding carboxylic acids is 4. The quantitative estimate of drug-likeness (QED) is 0.221. The number of anilines is 1. The number of hydrogen-bond donors (Lipinski definition) is 6. The number of nitrogens with two attached hydrogens (primary N) is 1. The Morgan fingerprint density at radius 1 is 1.17 bits per heavy atom. The van der Waals surface area contributed by atoms with Crippen LogP contribution in [-0.2, 0) is 27.3 Å². The fraction of sp³-hybridized carbons (Fsp3) is 0.500. The van der Waals surface area contributed by atoms with Crippen molar-refractivity contribution in [2.45, 2.75) is 50.9 Å². The van der Waals surface area contributed by atoms with E-state index in [1.54, 1.807) is 11.9 Å². The number of ketones is 2. The molecule has 0 saturated carbocycles. The Labute approximate surface area is 234 Å². The summed E-state index contributed by atoms with van der Waals surface area (Å²) in [4.78, 5) is 55.5. The fourth-order valence-electron chi connectivity index (χ4n) is 7.24. The molecule has 13 heteroatoms. The number of halogens is 1. The van der Waals surface area contributed by atoms with Crippen LogP contribution in [0, 0.1) is 23.6 Å². The van der Waals surface area contributed by atoms with Gasteiger partial charge in [0.25, 0.3) is 5.91 Å². The van der Waals surface area contributed by atoms with E-state index in [0.717, 1.165) is 0 Å². The molecule has 1 aromatic rings. The molecule has 1 aliphatic heterocycles. The summed E-state index contributed by atoms with van der Waals surface area (Å²) in [5.74, 6) is -9.70. The Hall–Kier alpha value is -3.81. The Bertz CT molecular complexity index is 1500. The zero-order valence-corrected chi connectivity index (χ0v) is 23.3. The first-order valence-electron chi connectivity index (χ1n) is 13.3. The third-order valence-electron chi connectivity index (χ3n) is 8.95. The van der Waals surface area contributed by atoms with Crippen molar-refractivity contribution in [2.75, 3.05) is 26.5 Å². The third-order valence-corrected chi connectivity index (χ3v) is 8.95. The van der Waals surface area contributed by atoms with Crippen molar-refractivity contribution < 1.29 is 44.0 Å². The normalized spacial score (nSPS) is 30.1. The number of nitrogens with one attached hydrogen (secondary N) is 1. The summed E-state index contributed by atoms with van der Waals surface area (Å²) >= 11 is 0. The molecule has 1 aromatic carbocycles. The van der Waals surface area contributed by atoms with E-state index in [9.17, 15) is 39.6 Å². The number of aliphatic hydroxyl groups is 3. The van der Waals surface area contributed by atoms with E-state index in [0.29, 0.717) is 0 Å². The van der Waals surface area contributed by atoms with Crippen molar-refractivity contribution >= 4 is 29.1 Å². The van der Waals surface area contributed by atoms with E-state index >= 15 is 4.39 Å². The van der Waals surface area contributed by atoms with Crippen molar-refractivity contribution in [3.05, 3.63) is 45.2 Å². The first-order chi connectivity index (χ1) is 19.0. The predicted octanol–water partition coefficient (Wildman–Crippen LogP) is 0.668. The number of aliphatic hydroxyl groups excluding tert-OH is 2. The largest absolute Gasteiger partial charge is 0.510 e. The van der Waals surface area contributed by atoms with Crippen LogP contribution in [0.25, 0.3) is 0 Å². The summed E-state index contributed by atoms with van der Waals surface area (Å²) in [5.41, 5.74) is 0.351. The van der Waals surface area contributed by atoms with Gasteiger partial charge in [-0.2, -0.15) is 0 Å². The van der Waals surface area contributed by atoms with Crippen LogP contribution in [0.5, 0.6) is 5.75 Å². The second kappa shape index (κ2) is 9.36. The maximum atomic E-state index is 16.2. The number of phenolic OH excluding ortho intramolecular Hbond substituents is 1. The van der Waals surface area contributed by atoms with Crippen LogP contribution in [-0.4, -0.2) is 92.4 Å². The number of hydrogen-bond acceptors (Lipinski definition) is 10. The summed E-state index contributed by atoms with van der Waals surface area (Å²) in [6.45, 7) is 3.61. The van der Waals surface area contributed by atoms with Crippen molar-refractivity contribution in [3.63, 3.8) is 0 Å². The van der Waals surface area contributed by atoms with Crippen molar-refractivity contribution in [3.8, 4) is 5.75 Å². The molecule has 1 heterocycles. The Morgan fingerprint density at radius 2 is 1.80 bits per heavy atom. The van der Waals surface area contributed by atoms with Gasteiger partial charge < -0.3 is 31.5 Å². The molecule has 0 radical (unpaired) electrons. The minimum absolute atomic E-state index is 0.00251. The molecule has 0 spiro atoms. The number of carbonyl (C=O) groups is 4. The molecule has 0 saturated heterocycles. The van der Waals surface area contributed by atoms with E-state index in [1.807, 2.05) is 13.8 Å². The van der Waals surface area contributed by atoms with E-state index < -0.39 is 92.7 Å². The highest BCUT2D eigenvalue weighted by Crippen LogP contribution is 2.53. The van der Waals surface area contributed by atoms with Crippen LogP contribution in [0.15, 0.2) is 22.7 Å². The van der Waals surface area contributed by atoms with Crippen LogP contribution in [0.1, 0.15) is 41.8 Å². The highest BCUT2D eigenvalue weighted by Gasteiger charge is 2.63. The third kappa shape index (κ3) is 3.75. The van der Waals surface area contributed by atoms with Gasteiger partial charge in [-0.1, -0.05) is 13.8 Å². The van der Waals surface area contributed by atoms with E-state index in [2.05, 4.69) is 5.32 Å². The summed E-state index contributed by atoms with van der Waals surface area (Å²) in [5, 5.41) is 47.7. The molecule has 0 fully saturated rings. The van der Waals surface area contributed by atoms with Gasteiger partial charge in [0.05, 0.1) is 23.3 Å². The molecular formula is C28H33FN4O8. The standard InChI is InChI=1S/C28H33FN4O8/c1-9(2)19-27(40)31-18-12(8-33(19)5)17(29)11-6-10-7-13-20(32(3)4)23(36)16(26(30)39)25(38)28(13,41)24(37)14(10)21(34)15(11)22(18)35/h9-10,13,19-20,35-37,41H,6-8H2,1-5H3,(H2,30,39)(H,31,40)/t10-,13-,19-,20-,28-/m0/s1. The zero-order valence-electron chi connectivity index (χ0n) is 23.3. The molecule has 0 bridgehead atoms. The van der Waals surface area contributed by atoms with Crippen molar-refractivity contribution in [2.24, 2.45) is 23.5 Å². The lowest BCUT2D eigenvalue weighted by Gasteiger charge is -2.50. The Kier molecular flexibility index (Phi) is 6.56. The first kappa shape index (κ1) is 28.7. The van der Waals surface area contributed by atoms with Gasteiger partial charge in [-0.15, -0.1) is 0 Å². The van der Waals surface area contributed by atoms with Gasteiger partial charge >= 0.3 is 0 Å². The van der Waals surface area contributed by atoms with Crippen LogP contribution in [0.2, 0.25) is 0 Å². The number of benzene rings is 1. The fourth-order valence-corrected chi connectivity index (χ4v) is 7.24. The minimum atomic E-state index is -2.80. The number of allylic oxidation sites excluding steroid dienone is 1. The molecule has 0 unspecified atom stereocenters. The van der Waals surface area contributed by atoms with Crippen LogP contribution in [0.3, 0.4) is 0 Å².